The van der Waals surface area contributed by atoms with Crippen molar-refractivity contribution < 1.29 is 14.1 Å². The summed E-state index contributed by atoms with van der Waals surface area (Å²) in [6.45, 7) is 5.36. The van der Waals surface area contributed by atoms with E-state index in [4.69, 9.17) is 9.26 Å². The van der Waals surface area contributed by atoms with E-state index in [1.165, 1.54) is 0 Å². The zero-order valence-corrected chi connectivity index (χ0v) is 14.2. The van der Waals surface area contributed by atoms with E-state index in [1.54, 1.807) is 11.0 Å². The molecule has 0 bridgehead atoms. The molecule has 0 aromatic carbocycles. The van der Waals surface area contributed by atoms with Crippen LogP contribution in [-0.2, 0) is 11.2 Å². The van der Waals surface area contributed by atoms with Crippen molar-refractivity contribution in [1.82, 2.24) is 15.0 Å². The molecule has 7 nitrogen and oxygen atoms in total. The fraction of sp³-hybridized carbons (Fsp3) is 0.471. The maximum atomic E-state index is 12.6. The van der Waals surface area contributed by atoms with Crippen molar-refractivity contribution in [3.8, 4) is 0 Å². The molecule has 7 heteroatoms. The lowest BCUT2D eigenvalue weighted by molar-refractivity contribution is -0.0259. The van der Waals surface area contributed by atoms with Gasteiger partial charge in [0.25, 0.3) is 5.91 Å². The smallest absolute Gasteiger partial charge is 0.292 e. The molecule has 1 N–H and O–H groups in total. The second kappa shape index (κ2) is 7.00. The second-order valence-electron chi connectivity index (χ2n) is 5.82. The Balaban J connectivity index is 1.76. The number of nitrogens with zero attached hydrogens (tertiary/aromatic N) is 3. The number of ether oxygens (including phenoxy) is 1. The highest BCUT2D eigenvalue weighted by Gasteiger charge is 2.29. The largest absolute Gasteiger partial charge is 0.388 e. The highest BCUT2D eigenvalue weighted by Crippen LogP contribution is 2.24. The number of nitrogens with one attached hydrogen (secondary N) is 1. The van der Waals surface area contributed by atoms with Gasteiger partial charge >= 0.3 is 0 Å². The molecular formula is C17H22N4O3. The fourth-order valence-electron chi connectivity index (χ4n) is 2.75. The zero-order chi connectivity index (χ0) is 17.1. The minimum absolute atomic E-state index is 0.156. The van der Waals surface area contributed by atoms with E-state index in [-0.39, 0.29) is 17.8 Å². The van der Waals surface area contributed by atoms with Gasteiger partial charge in [0.15, 0.2) is 0 Å². The van der Waals surface area contributed by atoms with Crippen molar-refractivity contribution in [3.05, 3.63) is 41.0 Å². The van der Waals surface area contributed by atoms with Gasteiger partial charge in [-0.05, 0) is 25.5 Å². The summed E-state index contributed by atoms with van der Waals surface area (Å²) in [7, 11) is 1.87. The molecule has 0 unspecified atom stereocenters. The van der Waals surface area contributed by atoms with Crippen LogP contribution in [0.4, 0.5) is 5.69 Å². The third-order valence-corrected chi connectivity index (χ3v) is 4.08. The molecule has 1 aliphatic rings. The Morgan fingerprint density at radius 3 is 2.96 bits per heavy atom. The van der Waals surface area contributed by atoms with Gasteiger partial charge in [0.05, 0.1) is 24.5 Å². The van der Waals surface area contributed by atoms with Gasteiger partial charge in [0, 0.05) is 31.0 Å². The molecule has 3 rings (SSSR count). The number of amides is 1. The SMILES string of the molecule is CCc1cc(C(=O)N2CCO[C@H](c3cc(NC)cc(C)n3)C2)on1. The maximum Gasteiger partial charge on any atom is 0.292 e. The van der Waals surface area contributed by atoms with Crippen LogP contribution in [0.1, 0.15) is 40.7 Å². The molecule has 1 amide bonds. The van der Waals surface area contributed by atoms with Crippen molar-refractivity contribution in [2.75, 3.05) is 32.1 Å². The van der Waals surface area contributed by atoms with Crippen LogP contribution in [0.15, 0.2) is 22.7 Å². The van der Waals surface area contributed by atoms with Gasteiger partial charge in [0.2, 0.25) is 5.76 Å². The lowest BCUT2D eigenvalue weighted by Gasteiger charge is -2.32. The third kappa shape index (κ3) is 3.41. The standard InChI is InChI=1S/C17H22N4O3/c1-4-12-9-15(24-20-12)17(22)21-5-6-23-16(10-21)14-8-13(18-3)7-11(2)19-14/h7-9,16H,4-6,10H2,1-3H3,(H,18,19)/t16-/m0/s1. The number of anilines is 1. The molecule has 24 heavy (non-hydrogen) atoms. The first-order chi connectivity index (χ1) is 11.6. The third-order valence-electron chi connectivity index (χ3n) is 4.08. The minimum atomic E-state index is -0.247. The lowest BCUT2D eigenvalue weighted by Crippen LogP contribution is -2.42. The summed E-state index contributed by atoms with van der Waals surface area (Å²) >= 11 is 0. The molecule has 0 saturated carbocycles. The zero-order valence-electron chi connectivity index (χ0n) is 14.2. The molecule has 1 saturated heterocycles. The molecule has 1 fully saturated rings. The summed E-state index contributed by atoms with van der Waals surface area (Å²) in [5.74, 6) is 0.123. The Morgan fingerprint density at radius 1 is 1.42 bits per heavy atom. The number of morpholine rings is 1. The Kier molecular flexibility index (Phi) is 4.80. The quantitative estimate of drug-likeness (QED) is 0.925. The first-order valence-corrected chi connectivity index (χ1v) is 8.13. The van der Waals surface area contributed by atoms with Gasteiger partial charge in [-0.1, -0.05) is 12.1 Å². The number of aryl methyl sites for hydroxylation is 2. The van der Waals surface area contributed by atoms with E-state index in [0.717, 1.165) is 29.2 Å². The first kappa shape index (κ1) is 16.4. The maximum absolute atomic E-state index is 12.6. The highest BCUT2D eigenvalue weighted by atomic mass is 16.5. The fourth-order valence-corrected chi connectivity index (χ4v) is 2.75. The van der Waals surface area contributed by atoms with Crippen molar-refractivity contribution in [1.29, 1.82) is 0 Å². The number of hydrogen-bond acceptors (Lipinski definition) is 6. The number of hydrogen-bond donors (Lipinski definition) is 1. The van der Waals surface area contributed by atoms with Crippen molar-refractivity contribution in [2.24, 2.45) is 0 Å². The Hall–Kier alpha value is -2.41. The lowest BCUT2D eigenvalue weighted by atomic mass is 10.1. The second-order valence-corrected chi connectivity index (χ2v) is 5.82. The summed E-state index contributed by atoms with van der Waals surface area (Å²) in [6, 6.07) is 5.63. The summed E-state index contributed by atoms with van der Waals surface area (Å²) in [6.07, 6.45) is 0.492. The van der Waals surface area contributed by atoms with Gasteiger partial charge in [-0.3, -0.25) is 9.78 Å². The number of rotatable bonds is 4. The molecule has 1 aliphatic heterocycles. The summed E-state index contributed by atoms with van der Waals surface area (Å²) in [5, 5.41) is 7.00. The minimum Gasteiger partial charge on any atom is -0.388 e. The molecule has 128 valence electrons. The van der Waals surface area contributed by atoms with Crippen LogP contribution in [0.2, 0.25) is 0 Å². The molecule has 2 aromatic heterocycles. The van der Waals surface area contributed by atoms with E-state index in [0.29, 0.717) is 19.7 Å². The van der Waals surface area contributed by atoms with E-state index in [2.05, 4.69) is 15.5 Å². The van der Waals surface area contributed by atoms with Crippen LogP contribution in [0, 0.1) is 6.92 Å². The van der Waals surface area contributed by atoms with Crippen LogP contribution in [-0.4, -0.2) is 47.7 Å². The van der Waals surface area contributed by atoms with Crippen molar-refractivity contribution in [2.45, 2.75) is 26.4 Å². The van der Waals surface area contributed by atoms with Gasteiger partial charge < -0.3 is 19.5 Å². The number of carbonyl (C=O) groups is 1. The molecule has 3 heterocycles. The number of carbonyl (C=O) groups excluding carboxylic acids is 1. The van der Waals surface area contributed by atoms with Gasteiger partial charge in [-0.15, -0.1) is 0 Å². The van der Waals surface area contributed by atoms with E-state index in [9.17, 15) is 4.79 Å². The highest BCUT2D eigenvalue weighted by molar-refractivity contribution is 5.91. The Morgan fingerprint density at radius 2 is 2.25 bits per heavy atom. The van der Waals surface area contributed by atoms with E-state index < -0.39 is 0 Å². The van der Waals surface area contributed by atoms with Crippen LogP contribution in [0.5, 0.6) is 0 Å². The first-order valence-electron chi connectivity index (χ1n) is 8.13. The van der Waals surface area contributed by atoms with Crippen LogP contribution in [0.25, 0.3) is 0 Å². The topological polar surface area (TPSA) is 80.5 Å². The molecule has 2 aromatic rings. The number of pyridine rings is 1. The summed E-state index contributed by atoms with van der Waals surface area (Å²) in [5.41, 5.74) is 3.49. The monoisotopic (exact) mass is 330 g/mol. The van der Waals surface area contributed by atoms with Gasteiger partial charge in [-0.2, -0.15) is 0 Å². The predicted molar refractivity (Wildman–Crippen MR) is 89.0 cm³/mol. The normalized spacial score (nSPS) is 17.8. The van der Waals surface area contributed by atoms with Gasteiger partial charge in [0.1, 0.15) is 6.10 Å². The van der Waals surface area contributed by atoms with Crippen molar-refractivity contribution >= 4 is 11.6 Å². The molecular weight excluding hydrogens is 308 g/mol. The average molecular weight is 330 g/mol. The Labute approximate surface area is 141 Å². The molecule has 0 aliphatic carbocycles. The summed E-state index contributed by atoms with van der Waals surface area (Å²) in [4.78, 5) is 18.9. The van der Waals surface area contributed by atoms with Gasteiger partial charge in [-0.25, -0.2) is 0 Å². The summed E-state index contributed by atoms with van der Waals surface area (Å²) < 4.78 is 11.0. The Bertz CT molecular complexity index is 728. The average Bonchev–Trinajstić information content (AvgIpc) is 3.09. The van der Waals surface area contributed by atoms with Crippen LogP contribution in [0.3, 0.4) is 0 Å². The van der Waals surface area contributed by atoms with E-state index in [1.807, 2.05) is 33.0 Å². The predicted octanol–water partition coefficient (Wildman–Crippen LogP) is 2.20. The van der Waals surface area contributed by atoms with E-state index >= 15 is 0 Å². The molecule has 0 spiro atoms. The van der Waals surface area contributed by atoms with Crippen molar-refractivity contribution in [3.63, 3.8) is 0 Å². The number of aromatic nitrogens is 2. The van der Waals surface area contributed by atoms with Crippen LogP contribution >= 0.6 is 0 Å². The molecule has 0 radical (unpaired) electrons. The molecule has 1 atom stereocenters. The van der Waals surface area contributed by atoms with Crippen LogP contribution < -0.4 is 5.32 Å².